The molecule has 0 aliphatic carbocycles. The summed E-state index contributed by atoms with van der Waals surface area (Å²) < 4.78 is 1.28. The molecule has 2 rings (SSSR count). The Hall–Kier alpha value is -2.14. The van der Waals surface area contributed by atoms with Crippen molar-refractivity contribution in [3.8, 4) is 5.69 Å². The third kappa shape index (κ3) is 1.72. The van der Waals surface area contributed by atoms with Gasteiger partial charge in [0.15, 0.2) is 0 Å². The Morgan fingerprint density at radius 3 is 2.60 bits per heavy atom. The lowest BCUT2D eigenvalue weighted by Gasteiger charge is -2.08. The van der Waals surface area contributed by atoms with E-state index < -0.39 is 0 Å². The second-order valence-corrected chi connectivity index (χ2v) is 2.89. The Morgan fingerprint density at radius 1 is 1.20 bits per heavy atom. The first-order valence-corrected chi connectivity index (χ1v) is 4.36. The van der Waals surface area contributed by atoms with Crippen LogP contribution < -0.4 is 11.0 Å². The second-order valence-electron chi connectivity index (χ2n) is 2.89. The van der Waals surface area contributed by atoms with E-state index in [1.807, 2.05) is 11.5 Å². The summed E-state index contributed by atoms with van der Waals surface area (Å²) in [6.07, 6.45) is 1.33. The quantitative estimate of drug-likeness (QED) is 0.715. The van der Waals surface area contributed by atoms with Gasteiger partial charge in [-0.2, -0.15) is 0 Å². The van der Waals surface area contributed by atoms with Gasteiger partial charge in [0.05, 0.1) is 5.69 Å². The minimum atomic E-state index is -0.257. The molecule has 76 valence electrons. The third-order valence-corrected chi connectivity index (χ3v) is 1.96. The van der Waals surface area contributed by atoms with Crippen molar-refractivity contribution in [3.05, 3.63) is 52.9 Å². The van der Waals surface area contributed by atoms with E-state index in [1.54, 1.807) is 24.3 Å². The molecule has 2 N–H and O–H groups in total. The smallest absolute Gasteiger partial charge is 0.259 e. The standard InChI is InChI=1S/C10H9N3O2/c14-9-6-7-11-10(12-15)13(9)8-4-2-1-3-5-8/h1-7,15H,(H,11,12). The van der Waals surface area contributed by atoms with Crippen LogP contribution in [-0.2, 0) is 0 Å². The van der Waals surface area contributed by atoms with Crippen molar-refractivity contribution < 1.29 is 5.21 Å². The zero-order valence-electron chi connectivity index (χ0n) is 7.79. The van der Waals surface area contributed by atoms with Gasteiger partial charge in [-0.3, -0.25) is 10.0 Å². The largest absolute Gasteiger partial charge is 0.288 e. The summed E-state index contributed by atoms with van der Waals surface area (Å²) in [6, 6.07) is 10.3. The Kier molecular flexibility index (Phi) is 2.47. The molecule has 15 heavy (non-hydrogen) atoms. The number of benzene rings is 1. The van der Waals surface area contributed by atoms with Crippen LogP contribution in [0.15, 0.2) is 47.4 Å². The summed E-state index contributed by atoms with van der Waals surface area (Å²) >= 11 is 0. The van der Waals surface area contributed by atoms with Crippen LogP contribution in [0.5, 0.6) is 0 Å². The maximum atomic E-state index is 11.6. The number of anilines is 1. The molecular formula is C10H9N3O2. The molecule has 0 aliphatic heterocycles. The fraction of sp³-hybridized carbons (Fsp3) is 0. The fourth-order valence-electron chi connectivity index (χ4n) is 1.31. The van der Waals surface area contributed by atoms with Gasteiger partial charge in [0.25, 0.3) is 5.56 Å². The molecule has 5 heteroatoms. The highest BCUT2D eigenvalue weighted by Crippen LogP contribution is 2.08. The van der Waals surface area contributed by atoms with E-state index >= 15 is 0 Å². The second kappa shape index (κ2) is 3.93. The lowest BCUT2D eigenvalue weighted by atomic mass is 10.3. The van der Waals surface area contributed by atoms with E-state index in [9.17, 15) is 4.79 Å². The van der Waals surface area contributed by atoms with Crippen LogP contribution in [0.25, 0.3) is 5.69 Å². The van der Waals surface area contributed by atoms with Crippen molar-refractivity contribution >= 4 is 5.95 Å². The highest BCUT2D eigenvalue weighted by atomic mass is 16.5. The van der Waals surface area contributed by atoms with Gasteiger partial charge in [0, 0.05) is 12.3 Å². The highest BCUT2D eigenvalue weighted by Gasteiger charge is 2.04. The molecule has 0 saturated heterocycles. The SMILES string of the molecule is O=c1ccnc(NO)n1-c1ccccc1. The number of para-hydroxylation sites is 1. The first-order chi connectivity index (χ1) is 7.33. The van der Waals surface area contributed by atoms with Gasteiger partial charge in [-0.15, -0.1) is 0 Å². The van der Waals surface area contributed by atoms with E-state index in [0.29, 0.717) is 5.69 Å². The van der Waals surface area contributed by atoms with E-state index in [0.717, 1.165) is 0 Å². The summed E-state index contributed by atoms with van der Waals surface area (Å²) in [5.41, 5.74) is 2.28. The molecule has 0 radical (unpaired) electrons. The molecule has 0 saturated carbocycles. The predicted molar refractivity (Wildman–Crippen MR) is 55.2 cm³/mol. The number of hydrogen-bond donors (Lipinski definition) is 2. The predicted octanol–water partition coefficient (Wildman–Crippen LogP) is 1.03. The molecule has 2 aromatic rings. The van der Waals surface area contributed by atoms with Gasteiger partial charge in [-0.25, -0.2) is 15.0 Å². The molecule has 0 fully saturated rings. The van der Waals surface area contributed by atoms with Gasteiger partial charge in [-0.05, 0) is 12.1 Å². The van der Waals surface area contributed by atoms with Crippen molar-refractivity contribution in [2.45, 2.75) is 0 Å². The van der Waals surface area contributed by atoms with Gasteiger partial charge >= 0.3 is 0 Å². The molecular weight excluding hydrogens is 194 g/mol. The molecule has 0 unspecified atom stereocenters. The summed E-state index contributed by atoms with van der Waals surface area (Å²) in [5.74, 6) is 0.0914. The van der Waals surface area contributed by atoms with Crippen LogP contribution in [-0.4, -0.2) is 14.8 Å². The highest BCUT2D eigenvalue weighted by molar-refractivity contribution is 5.39. The Balaban J connectivity index is 2.67. The molecule has 5 nitrogen and oxygen atoms in total. The number of rotatable bonds is 2. The van der Waals surface area contributed by atoms with Crippen molar-refractivity contribution in [2.24, 2.45) is 0 Å². The van der Waals surface area contributed by atoms with Crippen molar-refractivity contribution in [1.29, 1.82) is 0 Å². The van der Waals surface area contributed by atoms with Crippen LogP contribution in [0.4, 0.5) is 5.95 Å². The van der Waals surface area contributed by atoms with Crippen LogP contribution in [0.1, 0.15) is 0 Å². The lowest BCUT2D eigenvalue weighted by molar-refractivity contribution is 0.379. The van der Waals surface area contributed by atoms with Gasteiger partial charge in [-0.1, -0.05) is 18.2 Å². The Labute approximate surface area is 85.6 Å². The average molecular weight is 203 g/mol. The van der Waals surface area contributed by atoms with E-state index in [-0.39, 0.29) is 11.5 Å². The summed E-state index contributed by atoms with van der Waals surface area (Å²) in [7, 11) is 0. The zero-order chi connectivity index (χ0) is 10.7. The molecule has 1 aromatic heterocycles. The lowest BCUT2D eigenvalue weighted by Crippen LogP contribution is -2.21. The summed E-state index contributed by atoms with van der Waals surface area (Å²) in [4.78, 5) is 15.4. The minimum Gasteiger partial charge on any atom is -0.288 e. The van der Waals surface area contributed by atoms with Crippen LogP contribution in [0, 0.1) is 0 Å². The third-order valence-electron chi connectivity index (χ3n) is 1.96. The number of aromatic nitrogens is 2. The molecule has 0 spiro atoms. The van der Waals surface area contributed by atoms with Crippen molar-refractivity contribution in [3.63, 3.8) is 0 Å². The Bertz CT molecular complexity index is 508. The molecule has 1 heterocycles. The van der Waals surface area contributed by atoms with E-state index in [2.05, 4.69) is 4.98 Å². The van der Waals surface area contributed by atoms with Gasteiger partial charge in [0.1, 0.15) is 0 Å². The molecule has 1 aromatic carbocycles. The maximum absolute atomic E-state index is 11.6. The van der Waals surface area contributed by atoms with E-state index in [1.165, 1.54) is 16.8 Å². The van der Waals surface area contributed by atoms with Crippen LogP contribution >= 0.6 is 0 Å². The normalized spacial score (nSPS) is 9.93. The van der Waals surface area contributed by atoms with E-state index in [4.69, 9.17) is 5.21 Å². The average Bonchev–Trinajstić information content (AvgIpc) is 2.29. The van der Waals surface area contributed by atoms with Gasteiger partial charge in [0.2, 0.25) is 5.95 Å². The summed E-state index contributed by atoms with van der Waals surface area (Å²) in [6.45, 7) is 0. The monoisotopic (exact) mass is 203 g/mol. The molecule has 0 bridgehead atoms. The fourth-order valence-corrected chi connectivity index (χ4v) is 1.31. The van der Waals surface area contributed by atoms with Gasteiger partial charge < -0.3 is 0 Å². The first kappa shape index (κ1) is 9.42. The molecule has 0 aliphatic rings. The van der Waals surface area contributed by atoms with Crippen LogP contribution in [0.3, 0.4) is 0 Å². The topological polar surface area (TPSA) is 67.2 Å². The number of nitrogens with zero attached hydrogens (tertiary/aromatic N) is 2. The number of hydrogen-bond acceptors (Lipinski definition) is 4. The number of nitrogens with one attached hydrogen (secondary N) is 1. The molecule has 0 amide bonds. The summed E-state index contributed by atoms with van der Waals surface area (Å²) in [5, 5.41) is 8.83. The Morgan fingerprint density at radius 2 is 1.93 bits per heavy atom. The zero-order valence-corrected chi connectivity index (χ0v) is 7.79. The van der Waals surface area contributed by atoms with Crippen molar-refractivity contribution in [2.75, 3.05) is 5.48 Å². The minimum absolute atomic E-state index is 0.0914. The van der Waals surface area contributed by atoms with Crippen LogP contribution in [0.2, 0.25) is 0 Å². The maximum Gasteiger partial charge on any atom is 0.259 e. The molecule has 0 atom stereocenters. The first-order valence-electron chi connectivity index (χ1n) is 4.36. The van der Waals surface area contributed by atoms with Crippen molar-refractivity contribution in [1.82, 2.24) is 9.55 Å².